The van der Waals surface area contributed by atoms with Crippen LogP contribution in [-0.2, 0) is 12.4 Å². The molecule has 3 aromatic rings. The number of amides is 1. The van der Waals surface area contributed by atoms with E-state index in [0.717, 1.165) is 12.3 Å². The van der Waals surface area contributed by atoms with Crippen LogP contribution in [0.25, 0.3) is 5.69 Å². The van der Waals surface area contributed by atoms with Gasteiger partial charge in [0.2, 0.25) is 0 Å². The maximum atomic E-state index is 13.9. The number of aromatic nitrogens is 3. The zero-order chi connectivity index (χ0) is 26.3. The van der Waals surface area contributed by atoms with Gasteiger partial charge in [-0.15, -0.1) is 0 Å². The standard InChI is InChI=1S/C20H11F7N8O/c21-11-1-2-15(14(6-11)19(22,23)24)34-16(20(25,26)27)13(9-32-34)18(36)33-12-5-10(7-28)17(29-8-12)35-30-3-4-31-35/h1-3,5-6,8-9,31H,4H2,(H,33,36). The van der Waals surface area contributed by atoms with Gasteiger partial charge in [-0.05, 0) is 24.3 Å². The third-order valence-electron chi connectivity index (χ3n) is 4.75. The van der Waals surface area contributed by atoms with Crippen LogP contribution in [0.4, 0.5) is 42.2 Å². The van der Waals surface area contributed by atoms with Crippen molar-refractivity contribution in [3.63, 3.8) is 0 Å². The van der Waals surface area contributed by atoms with E-state index in [1.54, 1.807) is 0 Å². The van der Waals surface area contributed by atoms with Crippen LogP contribution in [0, 0.1) is 17.1 Å². The van der Waals surface area contributed by atoms with Crippen LogP contribution in [0.3, 0.4) is 0 Å². The molecule has 2 N–H and O–H groups in total. The molecule has 36 heavy (non-hydrogen) atoms. The minimum absolute atomic E-state index is 0.0207. The second kappa shape index (κ2) is 8.92. The Balaban J connectivity index is 1.73. The lowest BCUT2D eigenvalue weighted by Gasteiger charge is -2.17. The van der Waals surface area contributed by atoms with Gasteiger partial charge in [0.1, 0.15) is 17.4 Å². The predicted octanol–water partition coefficient (Wildman–Crippen LogP) is 3.88. The lowest BCUT2D eigenvalue weighted by atomic mass is 10.1. The molecular weight excluding hydrogens is 501 g/mol. The monoisotopic (exact) mass is 512 g/mol. The van der Waals surface area contributed by atoms with Gasteiger partial charge >= 0.3 is 12.4 Å². The van der Waals surface area contributed by atoms with Crippen molar-refractivity contribution in [3.8, 4) is 11.8 Å². The Morgan fingerprint density at radius 1 is 1.11 bits per heavy atom. The molecule has 4 rings (SSSR count). The number of rotatable bonds is 4. The number of alkyl halides is 6. The second-order valence-corrected chi connectivity index (χ2v) is 7.11. The summed E-state index contributed by atoms with van der Waals surface area (Å²) in [6.45, 7) is 0.360. The summed E-state index contributed by atoms with van der Waals surface area (Å²) in [4.78, 5) is 16.7. The number of hydrogen-bond donors (Lipinski definition) is 2. The summed E-state index contributed by atoms with van der Waals surface area (Å²) >= 11 is 0. The molecule has 0 bridgehead atoms. The Labute approximate surface area is 196 Å². The van der Waals surface area contributed by atoms with Crippen molar-refractivity contribution in [1.82, 2.24) is 20.2 Å². The predicted molar refractivity (Wildman–Crippen MR) is 109 cm³/mol. The maximum absolute atomic E-state index is 13.9. The van der Waals surface area contributed by atoms with Crippen molar-refractivity contribution in [2.75, 3.05) is 17.0 Å². The molecular formula is C20H11F7N8O. The van der Waals surface area contributed by atoms with Crippen LogP contribution in [0.5, 0.6) is 0 Å². The van der Waals surface area contributed by atoms with Crippen LogP contribution in [-0.4, -0.2) is 33.4 Å². The van der Waals surface area contributed by atoms with Gasteiger partial charge in [-0.25, -0.2) is 19.5 Å². The molecule has 1 amide bonds. The van der Waals surface area contributed by atoms with E-state index in [1.165, 1.54) is 11.3 Å². The van der Waals surface area contributed by atoms with Gasteiger partial charge in [-0.1, -0.05) is 0 Å². The highest BCUT2D eigenvalue weighted by Crippen LogP contribution is 2.39. The first-order valence-electron chi connectivity index (χ1n) is 9.70. The van der Waals surface area contributed by atoms with Crippen molar-refractivity contribution >= 4 is 23.6 Å². The Kier molecular flexibility index (Phi) is 6.10. The fourth-order valence-corrected chi connectivity index (χ4v) is 3.29. The Hall–Kier alpha value is -4.52. The highest BCUT2D eigenvalue weighted by atomic mass is 19.4. The first-order chi connectivity index (χ1) is 16.9. The number of nitriles is 1. The smallest absolute Gasteiger partial charge is 0.320 e. The van der Waals surface area contributed by atoms with Crippen LogP contribution >= 0.6 is 0 Å². The lowest BCUT2D eigenvalue weighted by molar-refractivity contribution is -0.145. The average molecular weight is 512 g/mol. The number of benzene rings is 1. The maximum Gasteiger partial charge on any atom is 0.434 e. The lowest BCUT2D eigenvalue weighted by Crippen LogP contribution is -2.29. The molecule has 1 aromatic carbocycles. The van der Waals surface area contributed by atoms with Gasteiger partial charge < -0.3 is 5.32 Å². The molecule has 9 nitrogen and oxygen atoms in total. The number of anilines is 2. The minimum atomic E-state index is -5.33. The summed E-state index contributed by atoms with van der Waals surface area (Å²) in [5, 5.41) is 19.9. The Morgan fingerprint density at radius 2 is 1.86 bits per heavy atom. The molecule has 186 valence electrons. The van der Waals surface area contributed by atoms with Gasteiger partial charge in [0, 0.05) is 6.21 Å². The molecule has 0 radical (unpaired) electrons. The van der Waals surface area contributed by atoms with Gasteiger partial charge in [-0.3, -0.25) is 4.79 Å². The average Bonchev–Trinajstić information content (AvgIpc) is 3.48. The topological polar surface area (TPSA) is 111 Å². The van der Waals surface area contributed by atoms with E-state index in [2.05, 4.69) is 25.9 Å². The number of hydrazine groups is 1. The molecule has 0 fully saturated rings. The van der Waals surface area contributed by atoms with Crippen molar-refractivity contribution in [3.05, 3.63) is 64.9 Å². The normalized spacial score (nSPS) is 13.7. The molecule has 0 unspecified atom stereocenters. The molecule has 16 heteroatoms. The molecule has 1 aliphatic heterocycles. The number of nitrogens with zero attached hydrogens (tertiary/aromatic N) is 6. The third kappa shape index (κ3) is 4.68. The largest absolute Gasteiger partial charge is 0.434 e. The summed E-state index contributed by atoms with van der Waals surface area (Å²) < 4.78 is 95.2. The molecule has 0 saturated heterocycles. The zero-order valence-electron chi connectivity index (χ0n) is 17.5. The molecule has 1 aliphatic rings. The third-order valence-corrected chi connectivity index (χ3v) is 4.75. The van der Waals surface area contributed by atoms with Gasteiger partial charge in [0.05, 0.1) is 41.4 Å². The number of nitrogens with one attached hydrogen (secondary N) is 2. The summed E-state index contributed by atoms with van der Waals surface area (Å²) in [6.07, 6.45) is -7.59. The Morgan fingerprint density at radius 3 is 2.47 bits per heavy atom. The van der Waals surface area contributed by atoms with Crippen molar-refractivity contribution in [1.29, 1.82) is 5.26 Å². The van der Waals surface area contributed by atoms with Crippen LogP contribution in [0.2, 0.25) is 0 Å². The number of carbonyl (C=O) groups is 1. The van der Waals surface area contributed by atoms with Crippen molar-refractivity contribution < 1.29 is 35.5 Å². The van der Waals surface area contributed by atoms with Crippen molar-refractivity contribution in [2.45, 2.75) is 12.4 Å². The van der Waals surface area contributed by atoms with Gasteiger partial charge in [0.15, 0.2) is 11.5 Å². The molecule has 2 aromatic heterocycles. The van der Waals surface area contributed by atoms with Crippen LogP contribution in [0.1, 0.15) is 27.2 Å². The van der Waals surface area contributed by atoms with E-state index in [0.29, 0.717) is 24.9 Å². The first kappa shape index (κ1) is 24.6. The minimum Gasteiger partial charge on any atom is -0.320 e. The molecule has 0 spiro atoms. The second-order valence-electron chi connectivity index (χ2n) is 7.11. The zero-order valence-corrected chi connectivity index (χ0v) is 17.5. The SMILES string of the molecule is N#Cc1cc(NC(=O)c2cnn(-c3ccc(F)cc3C(F)(F)F)c2C(F)(F)F)cnc1N1N=CCN1. The van der Waals surface area contributed by atoms with Crippen LogP contribution < -0.4 is 15.9 Å². The molecule has 3 heterocycles. The Bertz CT molecular complexity index is 1400. The summed E-state index contributed by atoms with van der Waals surface area (Å²) in [5.74, 6) is -2.66. The van der Waals surface area contributed by atoms with E-state index >= 15 is 0 Å². The number of halogens is 7. The van der Waals surface area contributed by atoms with E-state index in [-0.39, 0.29) is 27.8 Å². The first-order valence-corrected chi connectivity index (χ1v) is 9.70. The highest BCUT2D eigenvalue weighted by molar-refractivity contribution is 6.05. The fourth-order valence-electron chi connectivity index (χ4n) is 3.29. The van der Waals surface area contributed by atoms with E-state index in [1.807, 2.05) is 6.07 Å². The summed E-state index contributed by atoms with van der Waals surface area (Å²) in [7, 11) is 0. The number of carbonyl (C=O) groups excluding carboxylic acids is 1. The number of hydrazone groups is 1. The number of pyridine rings is 1. The molecule has 0 saturated carbocycles. The summed E-state index contributed by atoms with van der Waals surface area (Å²) in [5.41, 5.74) is -3.30. The van der Waals surface area contributed by atoms with Crippen LogP contribution in [0.15, 0.2) is 41.8 Å². The summed E-state index contributed by atoms with van der Waals surface area (Å²) in [6, 6.07) is 3.95. The van der Waals surface area contributed by atoms with Crippen molar-refractivity contribution in [2.24, 2.45) is 5.10 Å². The molecule has 0 atom stereocenters. The quantitative estimate of drug-likeness (QED) is 0.514. The highest BCUT2D eigenvalue weighted by Gasteiger charge is 2.43. The van der Waals surface area contributed by atoms with E-state index in [4.69, 9.17) is 0 Å². The van der Waals surface area contributed by atoms with E-state index in [9.17, 15) is 40.8 Å². The number of hydrogen-bond acceptors (Lipinski definition) is 7. The van der Waals surface area contributed by atoms with Gasteiger partial charge in [0.25, 0.3) is 5.91 Å². The fraction of sp³-hybridized carbons (Fsp3) is 0.150. The van der Waals surface area contributed by atoms with E-state index < -0.39 is 46.6 Å². The molecule has 0 aliphatic carbocycles. The van der Waals surface area contributed by atoms with Gasteiger partial charge in [-0.2, -0.15) is 46.9 Å².